The zero-order chi connectivity index (χ0) is 31.1. The molecule has 236 valence electrons. The number of halogens is 3. The molecule has 3 aliphatic heterocycles. The number of rotatable bonds is 6. The van der Waals surface area contributed by atoms with Crippen LogP contribution in [0.25, 0.3) is 11.3 Å². The maximum atomic E-state index is 14.5. The number of carbonyl (C=O) groups excluding carboxylic acids is 1. The summed E-state index contributed by atoms with van der Waals surface area (Å²) in [5.74, 6) is -1.53. The van der Waals surface area contributed by atoms with Crippen molar-refractivity contribution in [2.75, 3.05) is 19.7 Å². The van der Waals surface area contributed by atoms with Crippen LogP contribution in [-0.4, -0.2) is 103 Å². The van der Waals surface area contributed by atoms with Crippen molar-refractivity contribution < 1.29 is 43.2 Å². The van der Waals surface area contributed by atoms with E-state index in [0.29, 0.717) is 32.4 Å². The van der Waals surface area contributed by atoms with Crippen molar-refractivity contribution >= 4 is 23.4 Å². The summed E-state index contributed by atoms with van der Waals surface area (Å²) >= 11 is 5.65. The number of carbonyl (C=O) groups is 1. The summed E-state index contributed by atoms with van der Waals surface area (Å²) in [5, 5.41) is 43.8. The van der Waals surface area contributed by atoms with Gasteiger partial charge in [-0.3, -0.25) is 0 Å². The molecule has 43 heavy (non-hydrogen) atoms. The lowest BCUT2D eigenvalue weighted by Crippen LogP contribution is -2.56. The molecule has 3 aliphatic rings. The molecule has 2 aromatic rings. The van der Waals surface area contributed by atoms with Gasteiger partial charge in [-0.15, -0.1) is 5.10 Å². The number of ether oxygens (including phenoxy) is 2. The molecule has 0 saturated carbocycles. The van der Waals surface area contributed by atoms with Crippen LogP contribution in [0.1, 0.15) is 52.5 Å². The molecule has 2 fully saturated rings. The summed E-state index contributed by atoms with van der Waals surface area (Å²) in [6.07, 6.45) is -2.01. The molecule has 15 heteroatoms. The van der Waals surface area contributed by atoms with Crippen LogP contribution in [0.4, 0.5) is 13.6 Å². The number of piperidine rings is 1. The highest BCUT2D eigenvalue weighted by atomic mass is 35.5. The van der Waals surface area contributed by atoms with E-state index >= 15 is 0 Å². The number of aliphatic hydroxyl groups is 3. The van der Waals surface area contributed by atoms with Gasteiger partial charge in [-0.05, 0) is 45.7 Å². The van der Waals surface area contributed by atoms with Crippen LogP contribution in [0.5, 0.6) is 0 Å². The zero-order valence-corrected chi connectivity index (χ0v) is 24.8. The van der Waals surface area contributed by atoms with E-state index < -0.39 is 60.4 Å². The van der Waals surface area contributed by atoms with Crippen LogP contribution in [0.3, 0.4) is 0 Å². The number of amides is 1. The Balaban J connectivity index is 1.22. The Kier molecular flexibility index (Phi) is 9.23. The zero-order valence-electron chi connectivity index (χ0n) is 24.1. The fourth-order valence-corrected chi connectivity index (χ4v) is 5.90. The Morgan fingerprint density at radius 1 is 1.14 bits per heavy atom. The van der Waals surface area contributed by atoms with Gasteiger partial charge in [-0.1, -0.05) is 22.0 Å². The lowest BCUT2D eigenvalue weighted by atomic mass is 9.86. The molecule has 0 bridgehead atoms. The van der Waals surface area contributed by atoms with E-state index in [2.05, 4.69) is 15.5 Å². The molecule has 4 heterocycles. The van der Waals surface area contributed by atoms with Crippen molar-refractivity contribution in [3.63, 3.8) is 0 Å². The van der Waals surface area contributed by atoms with E-state index in [4.69, 9.17) is 25.9 Å². The molecule has 0 spiro atoms. The molecule has 1 amide bonds. The normalized spacial score (nSPS) is 28.5. The van der Waals surface area contributed by atoms with Gasteiger partial charge in [0, 0.05) is 37.4 Å². The quantitative estimate of drug-likeness (QED) is 0.410. The number of hydrogen-bond acceptors (Lipinski definition) is 10. The summed E-state index contributed by atoms with van der Waals surface area (Å²) < 4.78 is 41.0. The van der Waals surface area contributed by atoms with Gasteiger partial charge in [0.15, 0.2) is 0 Å². The van der Waals surface area contributed by atoms with Gasteiger partial charge in [0.1, 0.15) is 53.4 Å². The van der Waals surface area contributed by atoms with Crippen molar-refractivity contribution in [1.29, 1.82) is 0 Å². The van der Waals surface area contributed by atoms with E-state index in [0.717, 1.165) is 22.5 Å². The van der Waals surface area contributed by atoms with E-state index in [9.17, 15) is 28.9 Å². The molecule has 0 radical (unpaired) electrons. The molecule has 12 nitrogen and oxygen atoms in total. The lowest BCUT2D eigenvalue weighted by molar-refractivity contribution is -0.212. The second kappa shape index (κ2) is 12.6. The lowest BCUT2D eigenvalue weighted by Gasteiger charge is -2.42. The van der Waals surface area contributed by atoms with E-state index in [1.807, 2.05) is 20.8 Å². The number of aliphatic hydroxyl groups excluding tert-OH is 3. The SMILES string of the molecule is CC(C)(C)OC(=O)N1CCC(C2=NO[C@@H](C[C@H]3O[C@H](CO)[C@H](O)[C@H](n4cc(-c5cc(F)c(Cl)cc5F)nn4)[C@H]3O)C2)CC1. The van der Waals surface area contributed by atoms with Crippen LogP contribution < -0.4 is 0 Å². The maximum Gasteiger partial charge on any atom is 0.410 e. The minimum Gasteiger partial charge on any atom is -0.444 e. The Morgan fingerprint density at radius 2 is 1.84 bits per heavy atom. The third-order valence-electron chi connectivity index (χ3n) is 7.96. The molecule has 2 saturated heterocycles. The van der Waals surface area contributed by atoms with Gasteiger partial charge < -0.3 is 34.5 Å². The molecule has 1 aromatic carbocycles. The smallest absolute Gasteiger partial charge is 0.410 e. The van der Waals surface area contributed by atoms with Crippen LogP contribution in [-0.2, 0) is 14.3 Å². The monoisotopic (exact) mass is 627 g/mol. The van der Waals surface area contributed by atoms with E-state index in [-0.39, 0.29) is 34.7 Å². The maximum absolute atomic E-state index is 14.5. The first-order valence-corrected chi connectivity index (χ1v) is 14.6. The van der Waals surface area contributed by atoms with Gasteiger partial charge >= 0.3 is 6.09 Å². The second-order valence-corrected chi connectivity index (χ2v) is 12.6. The third-order valence-corrected chi connectivity index (χ3v) is 8.25. The summed E-state index contributed by atoms with van der Waals surface area (Å²) in [6.45, 7) is 6.03. The molecule has 1 aromatic heterocycles. The predicted octanol–water partition coefficient (Wildman–Crippen LogP) is 3.08. The average molecular weight is 628 g/mol. The minimum atomic E-state index is -1.39. The molecule has 6 atom stereocenters. The average Bonchev–Trinajstić information content (AvgIpc) is 3.62. The fourth-order valence-electron chi connectivity index (χ4n) is 5.75. The molecule has 0 aliphatic carbocycles. The van der Waals surface area contributed by atoms with Crippen LogP contribution in [0, 0.1) is 17.6 Å². The predicted molar refractivity (Wildman–Crippen MR) is 149 cm³/mol. The summed E-state index contributed by atoms with van der Waals surface area (Å²) in [5.41, 5.74) is 0.0730. The number of benzene rings is 1. The van der Waals surface area contributed by atoms with Crippen molar-refractivity contribution in [1.82, 2.24) is 19.9 Å². The van der Waals surface area contributed by atoms with E-state index in [1.54, 1.807) is 4.90 Å². The first kappa shape index (κ1) is 31.5. The van der Waals surface area contributed by atoms with Gasteiger partial charge in [0.25, 0.3) is 0 Å². The van der Waals surface area contributed by atoms with Crippen LogP contribution in [0.2, 0.25) is 5.02 Å². The molecular formula is C28H36ClF2N5O7. The Morgan fingerprint density at radius 3 is 2.51 bits per heavy atom. The van der Waals surface area contributed by atoms with Crippen LogP contribution >= 0.6 is 11.6 Å². The third kappa shape index (κ3) is 6.93. The molecule has 3 N–H and O–H groups in total. The van der Waals surface area contributed by atoms with Crippen molar-refractivity contribution in [3.8, 4) is 11.3 Å². The first-order valence-electron chi connectivity index (χ1n) is 14.2. The number of hydrogen-bond donors (Lipinski definition) is 3. The number of aromatic nitrogens is 3. The Labute approximate surface area is 252 Å². The Hall–Kier alpha value is -2.91. The van der Waals surface area contributed by atoms with Gasteiger partial charge in [0.2, 0.25) is 0 Å². The highest BCUT2D eigenvalue weighted by Crippen LogP contribution is 2.35. The van der Waals surface area contributed by atoms with E-state index in [1.165, 1.54) is 6.20 Å². The summed E-state index contributed by atoms with van der Waals surface area (Å²) in [7, 11) is 0. The molecule has 0 unspecified atom stereocenters. The highest BCUT2D eigenvalue weighted by molar-refractivity contribution is 6.30. The highest BCUT2D eigenvalue weighted by Gasteiger charge is 2.47. The summed E-state index contributed by atoms with van der Waals surface area (Å²) in [6, 6.07) is 0.596. The Bertz CT molecular complexity index is 1350. The molecule has 5 rings (SSSR count). The van der Waals surface area contributed by atoms with Crippen LogP contribution in [0.15, 0.2) is 23.5 Å². The van der Waals surface area contributed by atoms with Crippen molar-refractivity contribution in [2.24, 2.45) is 11.1 Å². The van der Waals surface area contributed by atoms with Gasteiger partial charge in [-0.25, -0.2) is 18.3 Å². The minimum absolute atomic E-state index is 0.0362. The van der Waals surface area contributed by atoms with Gasteiger partial charge in [-0.2, -0.15) is 0 Å². The largest absolute Gasteiger partial charge is 0.444 e. The fraction of sp³-hybridized carbons (Fsp3) is 0.643. The van der Waals surface area contributed by atoms with Gasteiger partial charge in [0.05, 0.1) is 29.6 Å². The number of likely N-dealkylation sites (tertiary alicyclic amines) is 1. The summed E-state index contributed by atoms with van der Waals surface area (Å²) in [4.78, 5) is 19.8. The second-order valence-electron chi connectivity index (χ2n) is 12.2. The molecular weight excluding hydrogens is 592 g/mol. The number of oxime groups is 1. The van der Waals surface area contributed by atoms with Crippen molar-refractivity contribution in [2.45, 2.75) is 88.6 Å². The topological polar surface area (TPSA) is 152 Å². The first-order chi connectivity index (χ1) is 20.3. The van der Waals surface area contributed by atoms with Crippen molar-refractivity contribution in [3.05, 3.63) is 35.0 Å². The number of nitrogens with zero attached hydrogens (tertiary/aromatic N) is 5. The standard InChI is InChI=1S/C28H36ClF2N5O7/c1-28(2,3)42-27(40)35-6-4-14(5-7-35)20-8-15(43-33-20)9-22-25(38)24(26(39)23(13-37)41-22)36-12-21(32-34-36)16-10-19(31)17(29)11-18(16)30/h10-12,14-15,22-26,37-39H,4-9,13H2,1-3H3/t15-,22-,23-,24-,25+,26+/m1/s1.